The quantitative estimate of drug-likeness (QED) is 0.780. The number of hydrogen-bond donors (Lipinski definition) is 1. The molecule has 0 bridgehead atoms. The van der Waals surface area contributed by atoms with Gasteiger partial charge in [-0.2, -0.15) is 0 Å². The Morgan fingerprint density at radius 1 is 1.44 bits per heavy atom. The van der Waals surface area contributed by atoms with Gasteiger partial charge in [0.2, 0.25) is 0 Å². The molecule has 2 atom stereocenters. The highest BCUT2D eigenvalue weighted by Crippen LogP contribution is 2.30. The van der Waals surface area contributed by atoms with Crippen molar-refractivity contribution in [3.05, 3.63) is 18.1 Å². The first-order valence-corrected chi connectivity index (χ1v) is 6.26. The summed E-state index contributed by atoms with van der Waals surface area (Å²) in [4.78, 5) is 22.2. The van der Waals surface area contributed by atoms with E-state index in [2.05, 4.69) is 9.97 Å². The number of amides is 1. The van der Waals surface area contributed by atoms with Crippen molar-refractivity contribution in [1.82, 2.24) is 14.9 Å². The highest BCUT2D eigenvalue weighted by Gasteiger charge is 2.39. The Kier molecular flexibility index (Phi) is 2.87. The van der Waals surface area contributed by atoms with Gasteiger partial charge in [0.1, 0.15) is 11.5 Å². The minimum Gasteiger partial charge on any atom is -0.382 e. The fourth-order valence-corrected chi connectivity index (χ4v) is 2.81. The summed E-state index contributed by atoms with van der Waals surface area (Å²) >= 11 is 0. The first kappa shape index (κ1) is 11.4. The molecule has 1 aromatic rings. The van der Waals surface area contributed by atoms with E-state index >= 15 is 0 Å². The molecule has 6 nitrogen and oxygen atoms in total. The second-order valence-corrected chi connectivity index (χ2v) is 4.74. The van der Waals surface area contributed by atoms with Crippen LogP contribution < -0.4 is 5.73 Å². The Bertz CT molecular complexity index is 465. The van der Waals surface area contributed by atoms with E-state index in [1.807, 2.05) is 4.90 Å². The number of nitrogens with two attached hydrogens (primary N) is 1. The molecule has 0 spiro atoms. The van der Waals surface area contributed by atoms with Crippen LogP contribution in [0.15, 0.2) is 12.4 Å². The predicted molar refractivity (Wildman–Crippen MR) is 64.9 cm³/mol. The molecule has 3 rings (SSSR count). The van der Waals surface area contributed by atoms with Gasteiger partial charge in [0, 0.05) is 6.54 Å². The number of nitrogen functional groups attached to an aromatic ring is 1. The Morgan fingerprint density at radius 2 is 2.33 bits per heavy atom. The average Bonchev–Trinajstić information content (AvgIpc) is 2.86. The largest absolute Gasteiger partial charge is 0.382 e. The summed E-state index contributed by atoms with van der Waals surface area (Å²) in [7, 11) is 0. The normalized spacial score (nSPS) is 27.0. The summed E-state index contributed by atoms with van der Waals surface area (Å²) in [5, 5.41) is 0. The van der Waals surface area contributed by atoms with Crippen molar-refractivity contribution in [3.8, 4) is 0 Å². The molecule has 2 heterocycles. The van der Waals surface area contributed by atoms with Crippen molar-refractivity contribution in [1.29, 1.82) is 0 Å². The molecule has 2 aliphatic rings. The molecule has 2 N–H and O–H groups in total. The molecule has 2 unspecified atom stereocenters. The molecule has 1 aliphatic heterocycles. The van der Waals surface area contributed by atoms with Gasteiger partial charge >= 0.3 is 0 Å². The van der Waals surface area contributed by atoms with Crippen LogP contribution in [-0.2, 0) is 4.74 Å². The molecule has 96 valence electrons. The number of fused-ring (bicyclic) bond motifs is 1. The SMILES string of the molecule is Nc1cncc(C(=O)N2CCOC3CCCC32)n1. The number of nitrogens with zero attached hydrogens (tertiary/aromatic N) is 3. The number of hydrogen-bond acceptors (Lipinski definition) is 5. The maximum Gasteiger partial charge on any atom is 0.274 e. The number of anilines is 1. The van der Waals surface area contributed by atoms with Crippen LogP contribution in [0, 0.1) is 0 Å². The van der Waals surface area contributed by atoms with Crippen LogP contribution in [0.1, 0.15) is 29.8 Å². The van der Waals surface area contributed by atoms with E-state index in [1.54, 1.807) is 0 Å². The Labute approximate surface area is 105 Å². The number of carbonyl (C=O) groups excluding carboxylic acids is 1. The molecule has 0 radical (unpaired) electrons. The van der Waals surface area contributed by atoms with Gasteiger partial charge in [-0.05, 0) is 19.3 Å². The van der Waals surface area contributed by atoms with Crippen molar-refractivity contribution in [3.63, 3.8) is 0 Å². The predicted octanol–water partition coefficient (Wildman–Crippen LogP) is 0.452. The van der Waals surface area contributed by atoms with Gasteiger partial charge in [-0.1, -0.05) is 0 Å². The lowest BCUT2D eigenvalue weighted by Crippen LogP contribution is -2.51. The van der Waals surface area contributed by atoms with Gasteiger partial charge in [-0.25, -0.2) is 4.98 Å². The Morgan fingerprint density at radius 3 is 3.17 bits per heavy atom. The summed E-state index contributed by atoms with van der Waals surface area (Å²) in [5.41, 5.74) is 5.89. The monoisotopic (exact) mass is 248 g/mol. The van der Waals surface area contributed by atoms with Crippen LogP contribution in [-0.4, -0.2) is 46.1 Å². The summed E-state index contributed by atoms with van der Waals surface area (Å²) in [6.07, 6.45) is 6.26. The van der Waals surface area contributed by atoms with Crippen molar-refractivity contribution in [2.75, 3.05) is 18.9 Å². The molecule has 1 amide bonds. The smallest absolute Gasteiger partial charge is 0.274 e. The van der Waals surface area contributed by atoms with E-state index in [0.29, 0.717) is 18.8 Å². The van der Waals surface area contributed by atoms with Crippen molar-refractivity contribution < 1.29 is 9.53 Å². The van der Waals surface area contributed by atoms with Crippen LogP contribution in [0.5, 0.6) is 0 Å². The van der Waals surface area contributed by atoms with Gasteiger partial charge in [0.05, 0.1) is 31.1 Å². The van der Waals surface area contributed by atoms with Crippen LogP contribution in [0.25, 0.3) is 0 Å². The molecule has 1 saturated carbocycles. The molecule has 2 fully saturated rings. The minimum absolute atomic E-state index is 0.0880. The average molecular weight is 248 g/mol. The van der Waals surface area contributed by atoms with Crippen LogP contribution >= 0.6 is 0 Å². The highest BCUT2D eigenvalue weighted by atomic mass is 16.5. The van der Waals surface area contributed by atoms with Crippen LogP contribution in [0.2, 0.25) is 0 Å². The fourth-order valence-electron chi connectivity index (χ4n) is 2.81. The van der Waals surface area contributed by atoms with E-state index in [1.165, 1.54) is 12.4 Å². The zero-order chi connectivity index (χ0) is 12.5. The van der Waals surface area contributed by atoms with Crippen molar-refractivity contribution >= 4 is 11.7 Å². The third kappa shape index (κ3) is 1.92. The van der Waals surface area contributed by atoms with E-state index in [4.69, 9.17) is 10.5 Å². The van der Waals surface area contributed by atoms with Gasteiger partial charge in [-0.15, -0.1) is 0 Å². The van der Waals surface area contributed by atoms with Gasteiger partial charge < -0.3 is 15.4 Å². The van der Waals surface area contributed by atoms with Crippen molar-refractivity contribution in [2.24, 2.45) is 0 Å². The number of morpholine rings is 1. The van der Waals surface area contributed by atoms with E-state index in [-0.39, 0.29) is 23.9 Å². The minimum atomic E-state index is -0.0880. The third-order valence-corrected chi connectivity index (χ3v) is 3.62. The molecular formula is C12H16N4O2. The molecule has 18 heavy (non-hydrogen) atoms. The molecule has 1 saturated heterocycles. The van der Waals surface area contributed by atoms with Crippen LogP contribution in [0.4, 0.5) is 5.82 Å². The first-order valence-electron chi connectivity index (χ1n) is 6.26. The Balaban J connectivity index is 1.83. The van der Waals surface area contributed by atoms with Gasteiger partial charge in [0.15, 0.2) is 0 Å². The lowest BCUT2D eigenvalue weighted by atomic mass is 10.1. The van der Waals surface area contributed by atoms with Crippen molar-refractivity contribution in [2.45, 2.75) is 31.4 Å². The standard InChI is InChI=1S/C12H16N4O2/c13-11-7-14-6-8(15-11)12(17)16-4-5-18-10-3-1-2-9(10)16/h6-7,9-10H,1-5H2,(H2,13,15). The maximum absolute atomic E-state index is 12.4. The van der Waals surface area contributed by atoms with Crippen LogP contribution in [0.3, 0.4) is 0 Å². The molecule has 0 aromatic carbocycles. The summed E-state index contributed by atoms with van der Waals surface area (Å²) in [6, 6.07) is 0.189. The third-order valence-electron chi connectivity index (χ3n) is 3.62. The summed E-state index contributed by atoms with van der Waals surface area (Å²) in [5.74, 6) is 0.187. The molecule has 6 heteroatoms. The zero-order valence-corrected chi connectivity index (χ0v) is 10.1. The zero-order valence-electron chi connectivity index (χ0n) is 10.1. The number of aromatic nitrogens is 2. The molecular weight excluding hydrogens is 232 g/mol. The highest BCUT2D eigenvalue weighted by molar-refractivity contribution is 5.92. The number of carbonyl (C=O) groups is 1. The fraction of sp³-hybridized carbons (Fsp3) is 0.583. The van der Waals surface area contributed by atoms with E-state index in [0.717, 1.165) is 19.3 Å². The molecule has 1 aromatic heterocycles. The van der Waals surface area contributed by atoms with E-state index in [9.17, 15) is 4.79 Å². The lowest BCUT2D eigenvalue weighted by Gasteiger charge is -2.37. The van der Waals surface area contributed by atoms with Gasteiger partial charge in [-0.3, -0.25) is 9.78 Å². The first-order chi connectivity index (χ1) is 8.75. The summed E-state index contributed by atoms with van der Waals surface area (Å²) in [6.45, 7) is 1.22. The van der Waals surface area contributed by atoms with Gasteiger partial charge in [0.25, 0.3) is 5.91 Å². The molecule has 1 aliphatic carbocycles. The second-order valence-electron chi connectivity index (χ2n) is 4.74. The Hall–Kier alpha value is -1.69. The second kappa shape index (κ2) is 4.53. The summed E-state index contributed by atoms with van der Waals surface area (Å²) < 4.78 is 5.69. The number of rotatable bonds is 1. The van der Waals surface area contributed by atoms with E-state index < -0.39 is 0 Å². The maximum atomic E-state index is 12.4. The topological polar surface area (TPSA) is 81.3 Å². The number of ether oxygens (including phenoxy) is 1. The lowest BCUT2D eigenvalue weighted by molar-refractivity contribution is -0.0447.